The molecule has 0 aliphatic carbocycles. The average Bonchev–Trinajstić information content (AvgIpc) is 3.27. The molecule has 3 heterocycles. The summed E-state index contributed by atoms with van der Waals surface area (Å²) in [6, 6.07) is -0.656. The van der Waals surface area contributed by atoms with E-state index in [1.54, 1.807) is 11.6 Å². The van der Waals surface area contributed by atoms with Crippen LogP contribution in [0.1, 0.15) is 47.5 Å². The molecule has 3 aromatic rings. The highest BCUT2D eigenvalue weighted by atomic mass is 79.9. The van der Waals surface area contributed by atoms with Gasteiger partial charge >= 0.3 is 6.18 Å². The lowest BCUT2D eigenvalue weighted by atomic mass is 10.3. The molecule has 0 saturated carbocycles. The number of halogens is 5. The van der Waals surface area contributed by atoms with Gasteiger partial charge in [0.15, 0.2) is 5.69 Å². The molecule has 0 fully saturated rings. The molecule has 0 aliphatic rings. The van der Waals surface area contributed by atoms with Crippen LogP contribution in [0.25, 0.3) is 0 Å². The Bertz CT molecular complexity index is 1010. The second-order valence-corrected chi connectivity index (χ2v) is 7.53. The Morgan fingerprint density at radius 1 is 1.14 bits per heavy atom. The molecule has 12 heteroatoms. The molecule has 1 unspecified atom stereocenters. The Hall–Kier alpha value is -1.88. The van der Waals surface area contributed by atoms with E-state index >= 15 is 0 Å². The van der Waals surface area contributed by atoms with Gasteiger partial charge in [0.1, 0.15) is 6.04 Å². The fourth-order valence-electron chi connectivity index (χ4n) is 2.79. The van der Waals surface area contributed by atoms with Crippen molar-refractivity contribution in [2.24, 2.45) is 0 Å². The summed E-state index contributed by atoms with van der Waals surface area (Å²) in [6.45, 7) is 7.34. The number of aryl methyl sites for hydroxylation is 3. The van der Waals surface area contributed by atoms with Crippen LogP contribution in [0.2, 0.25) is 5.02 Å². The van der Waals surface area contributed by atoms with Gasteiger partial charge in [-0.15, -0.1) is 10.2 Å². The highest BCUT2D eigenvalue weighted by Crippen LogP contribution is 2.37. The summed E-state index contributed by atoms with van der Waals surface area (Å²) in [5.41, 5.74) is 0.901. The number of hydrogen-bond donors (Lipinski definition) is 0. The van der Waals surface area contributed by atoms with Crippen LogP contribution >= 0.6 is 27.5 Å². The molecule has 0 radical (unpaired) electrons. The summed E-state index contributed by atoms with van der Waals surface area (Å²) in [7, 11) is 0. The molecule has 0 aromatic carbocycles. The Balaban J connectivity index is 1.77. The highest BCUT2D eigenvalue weighted by Gasteiger charge is 2.38. The third kappa shape index (κ3) is 3.82. The number of rotatable bonds is 5. The van der Waals surface area contributed by atoms with E-state index in [2.05, 4.69) is 36.3 Å². The van der Waals surface area contributed by atoms with Crippen LogP contribution in [-0.4, -0.2) is 29.8 Å². The molecule has 1 atom stereocenters. The van der Waals surface area contributed by atoms with Crippen molar-refractivity contribution in [1.29, 1.82) is 0 Å². The summed E-state index contributed by atoms with van der Waals surface area (Å²) < 4.78 is 47.7. The zero-order valence-corrected chi connectivity index (χ0v) is 17.8. The maximum absolute atomic E-state index is 13.1. The van der Waals surface area contributed by atoms with Crippen LogP contribution in [0.15, 0.2) is 8.89 Å². The molecule has 0 N–H and O–H groups in total. The van der Waals surface area contributed by atoms with Crippen molar-refractivity contribution >= 4 is 27.5 Å². The van der Waals surface area contributed by atoms with E-state index in [-0.39, 0.29) is 10.4 Å². The SMILES string of the molecule is Cc1nn(CCc2nnc(C(C)n3nc(C(F)(F)F)c(Br)c3C)o2)c(C)c1Cl. The van der Waals surface area contributed by atoms with Crippen LogP contribution in [0, 0.1) is 20.8 Å². The molecular formula is C16H17BrClF3N6O. The molecule has 3 rings (SSSR count). The van der Waals surface area contributed by atoms with Gasteiger partial charge in [0, 0.05) is 13.0 Å². The zero-order valence-electron chi connectivity index (χ0n) is 15.5. The first-order valence-corrected chi connectivity index (χ1v) is 9.51. The summed E-state index contributed by atoms with van der Waals surface area (Å²) in [6.07, 6.45) is -4.15. The quantitative estimate of drug-likeness (QED) is 0.529. The predicted octanol–water partition coefficient (Wildman–Crippen LogP) is 4.67. The van der Waals surface area contributed by atoms with Crippen LogP contribution < -0.4 is 0 Å². The number of nitrogens with zero attached hydrogens (tertiary/aromatic N) is 6. The maximum atomic E-state index is 13.1. The number of hydrogen-bond acceptors (Lipinski definition) is 5. The van der Waals surface area contributed by atoms with Crippen molar-refractivity contribution in [3.05, 3.63) is 44.1 Å². The topological polar surface area (TPSA) is 74.6 Å². The molecule has 0 aliphatic heterocycles. The minimum absolute atomic E-state index is 0.104. The van der Waals surface area contributed by atoms with Gasteiger partial charge in [-0.3, -0.25) is 9.36 Å². The van der Waals surface area contributed by atoms with Crippen molar-refractivity contribution in [1.82, 2.24) is 29.8 Å². The Labute approximate surface area is 172 Å². The van der Waals surface area contributed by atoms with Crippen LogP contribution in [0.4, 0.5) is 13.2 Å². The highest BCUT2D eigenvalue weighted by molar-refractivity contribution is 9.10. The van der Waals surface area contributed by atoms with Gasteiger partial charge < -0.3 is 4.42 Å². The lowest BCUT2D eigenvalue weighted by molar-refractivity contribution is -0.142. The summed E-state index contributed by atoms with van der Waals surface area (Å²) in [4.78, 5) is 0. The van der Waals surface area contributed by atoms with Crippen LogP contribution in [0.5, 0.6) is 0 Å². The van der Waals surface area contributed by atoms with Gasteiger partial charge in [-0.2, -0.15) is 23.4 Å². The summed E-state index contributed by atoms with van der Waals surface area (Å²) >= 11 is 9.08. The van der Waals surface area contributed by atoms with Crippen molar-refractivity contribution in [2.75, 3.05) is 0 Å². The van der Waals surface area contributed by atoms with E-state index in [9.17, 15) is 13.2 Å². The fraction of sp³-hybridized carbons (Fsp3) is 0.500. The van der Waals surface area contributed by atoms with Crippen molar-refractivity contribution in [2.45, 2.75) is 52.9 Å². The molecular weight excluding hydrogens is 465 g/mol. The molecule has 7 nitrogen and oxygen atoms in total. The third-order valence-corrected chi connectivity index (χ3v) is 5.88. The van der Waals surface area contributed by atoms with Crippen molar-refractivity contribution in [3.63, 3.8) is 0 Å². The van der Waals surface area contributed by atoms with Gasteiger partial charge in [0.2, 0.25) is 11.8 Å². The minimum atomic E-state index is -4.56. The van der Waals surface area contributed by atoms with E-state index in [0.29, 0.717) is 29.6 Å². The first-order valence-electron chi connectivity index (χ1n) is 8.34. The second-order valence-electron chi connectivity index (χ2n) is 6.36. The maximum Gasteiger partial charge on any atom is 0.436 e. The molecule has 152 valence electrons. The van der Waals surface area contributed by atoms with Gasteiger partial charge in [-0.05, 0) is 43.6 Å². The smallest absolute Gasteiger partial charge is 0.423 e. The Kier molecular flexibility index (Phi) is 5.59. The molecule has 28 heavy (non-hydrogen) atoms. The molecule has 0 spiro atoms. The molecule has 0 bridgehead atoms. The van der Waals surface area contributed by atoms with Crippen LogP contribution in [0.3, 0.4) is 0 Å². The zero-order chi connectivity index (χ0) is 20.8. The van der Waals surface area contributed by atoms with E-state index in [0.717, 1.165) is 11.4 Å². The van der Waals surface area contributed by atoms with E-state index in [4.69, 9.17) is 16.0 Å². The minimum Gasteiger partial charge on any atom is -0.423 e. The standard InChI is InChI=1S/C16H17BrClF3N6O/c1-7-13(18)9(3)26(24-7)6-5-11-22-23-15(28-11)10(4)27-8(2)12(17)14(25-27)16(19,20)21/h10H,5-6H2,1-4H3. The lowest BCUT2D eigenvalue weighted by Gasteiger charge is -2.10. The number of aromatic nitrogens is 6. The lowest BCUT2D eigenvalue weighted by Crippen LogP contribution is -2.13. The fourth-order valence-corrected chi connectivity index (χ4v) is 3.41. The summed E-state index contributed by atoms with van der Waals surface area (Å²) in [5, 5.41) is 16.6. The second kappa shape index (κ2) is 7.51. The molecule has 3 aromatic heterocycles. The Morgan fingerprint density at radius 2 is 1.82 bits per heavy atom. The first-order chi connectivity index (χ1) is 13.0. The summed E-state index contributed by atoms with van der Waals surface area (Å²) in [5.74, 6) is 0.527. The van der Waals surface area contributed by atoms with Crippen molar-refractivity contribution in [3.8, 4) is 0 Å². The normalized spacial score (nSPS) is 13.3. The Morgan fingerprint density at radius 3 is 2.36 bits per heavy atom. The largest absolute Gasteiger partial charge is 0.436 e. The number of alkyl halides is 3. The van der Waals surface area contributed by atoms with E-state index in [1.165, 1.54) is 11.6 Å². The van der Waals surface area contributed by atoms with Gasteiger partial charge in [0.25, 0.3) is 0 Å². The van der Waals surface area contributed by atoms with Crippen LogP contribution in [-0.2, 0) is 19.1 Å². The molecule has 0 saturated heterocycles. The van der Waals surface area contributed by atoms with E-state index in [1.807, 2.05) is 13.8 Å². The monoisotopic (exact) mass is 480 g/mol. The van der Waals surface area contributed by atoms with Crippen molar-refractivity contribution < 1.29 is 17.6 Å². The van der Waals surface area contributed by atoms with E-state index < -0.39 is 17.9 Å². The van der Waals surface area contributed by atoms with Gasteiger partial charge in [-0.1, -0.05) is 11.6 Å². The third-order valence-electron chi connectivity index (χ3n) is 4.38. The first kappa shape index (κ1) is 20.8. The average molecular weight is 482 g/mol. The molecule has 0 amide bonds. The van der Waals surface area contributed by atoms with Gasteiger partial charge in [-0.25, -0.2) is 0 Å². The van der Waals surface area contributed by atoms with Gasteiger partial charge in [0.05, 0.1) is 26.6 Å². The predicted molar refractivity (Wildman–Crippen MR) is 98.2 cm³/mol.